The van der Waals surface area contributed by atoms with Crippen LogP contribution >= 0.6 is 11.6 Å². The Hall–Kier alpha value is -0.830. The molecule has 1 aromatic rings. The van der Waals surface area contributed by atoms with Gasteiger partial charge >= 0.3 is 0 Å². The van der Waals surface area contributed by atoms with Crippen molar-refractivity contribution in [2.75, 3.05) is 17.7 Å². The first-order valence-corrected chi connectivity index (χ1v) is 5.87. The fraction of sp³-hybridized carbons (Fsp3) is 0.636. The number of rotatable bonds is 5. The molecular formula is C11H16ClN3. The SMILES string of the molecule is Cc1cnnc(NCC2(CCCl)CC2)c1. The van der Waals surface area contributed by atoms with Gasteiger partial charge in [0.25, 0.3) is 0 Å². The maximum absolute atomic E-state index is 5.78. The number of aromatic nitrogens is 2. The smallest absolute Gasteiger partial charge is 0.148 e. The molecule has 1 N–H and O–H groups in total. The molecule has 4 heteroatoms. The van der Waals surface area contributed by atoms with Crippen molar-refractivity contribution in [3.05, 3.63) is 17.8 Å². The molecule has 0 radical (unpaired) electrons. The molecule has 0 bridgehead atoms. The molecule has 2 rings (SSSR count). The molecule has 0 amide bonds. The molecule has 1 aromatic heterocycles. The maximum Gasteiger partial charge on any atom is 0.148 e. The molecule has 3 nitrogen and oxygen atoms in total. The highest BCUT2D eigenvalue weighted by Crippen LogP contribution is 2.48. The number of anilines is 1. The van der Waals surface area contributed by atoms with Crippen LogP contribution in [0.5, 0.6) is 0 Å². The van der Waals surface area contributed by atoms with Crippen molar-refractivity contribution < 1.29 is 0 Å². The van der Waals surface area contributed by atoms with Gasteiger partial charge in [-0.2, -0.15) is 5.10 Å². The molecule has 82 valence electrons. The molecule has 1 aliphatic rings. The summed E-state index contributed by atoms with van der Waals surface area (Å²) < 4.78 is 0. The molecule has 0 aromatic carbocycles. The number of alkyl halides is 1. The van der Waals surface area contributed by atoms with Crippen molar-refractivity contribution >= 4 is 17.4 Å². The van der Waals surface area contributed by atoms with Gasteiger partial charge < -0.3 is 5.32 Å². The second-order valence-corrected chi connectivity index (χ2v) is 4.79. The lowest BCUT2D eigenvalue weighted by molar-refractivity contribution is 0.523. The van der Waals surface area contributed by atoms with Gasteiger partial charge in [0.2, 0.25) is 0 Å². The van der Waals surface area contributed by atoms with Crippen LogP contribution in [-0.4, -0.2) is 22.6 Å². The van der Waals surface area contributed by atoms with Gasteiger partial charge in [-0.15, -0.1) is 16.7 Å². The van der Waals surface area contributed by atoms with Crippen LogP contribution in [-0.2, 0) is 0 Å². The first-order chi connectivity index (χ1) is 7.24. The van der Waals surface area contributed by atoms with E-state index in [4.69, 9.17) is 11.6 Å². The minimum Gasteiger partial charge on any atom is -0.368 e. The monoisotopic (exact) mass is 225 g/mol. The Morgan fingerprint density at radius 3 is 2.93 bits per heavy atom. The van der Waals surface area contributed by atoms with Crippen molar-refractivity contribution in [1.82, 2.24) is 10.2 Å². The highest BCUT2D eigenvalue weighted by Gasteiger charge is 2.41. The summed E-state index contributed by atoms with van der Waals surface area (Å²) in [5.74, 6) is 1.62. The second-order valence-electron chi connectivity index (χ2n) is 4.41. The lowest BCUT2D eigenvalue weighted by Crippen LogP contribution is -2.16. The molecular weight excluding hydrogens is 210 g/mol. The van der Waals surface area contributed by atoms with Gasteiger partial charge in [0.15, 0.2) is 0 Å². The van der Waals surface area contributed by atoms with Crippen LogP contribution in [0.4, 0.5) is 5.82 Å². The molecule has 0 unspecified atom stereocenters. The third-order valence-corrected chi connectivity index (χ3v) is 3.21. The Morgan fingerprint density at radius 1 is 1.53 bits per heavy atom. The van der Waals surface area contributed by atoms with E-state index >= 15 is 0 Å². The minimum atomic E-state index is 0.438. The second kappa shape index (κ2) is 4.35. The summed E-state index contributed by atoms with van der Waals surface area (Å²) in [6.07, 6.45) is 5.43. The van der Waals surface area contributed by atoms with Crippen LogP contribution in [0, 0.1) is 12.3 Å². The lowest BCUT2D eigenvalue weighted by atomic mass is 10.0. The van der Waals surface area contributed by atoms with Crippen LogP contribution in [0.3, 0.4) is 0 Å². The van der Waals surface area contributed by atoms with Gasteiger partial charge in [0, 0.05) is 12.4 Å². The topological polar surface area (TPSA) is 37.8 Å². The summed E-state index contributed by atoms with van der Waals surface area (Å²) in [6.45, 7) is 2.99. The van der Waals surface area contributed by atoms with Gasteiger partial charge in [-0.3, -0.25) is 0 Å². The number of aryl methyl sites for hydroxylation is 1. The van der Waals surface area contributed by atoms with E-state index in [2.05, 4.69) is 15.5 Å². The largest absolute Gasteiger partial charge is 0.368 e. The molecule has 1 saturated carbocycles. The van der Waals surface area contributed by atoms with E-state index in [1.807, 2.05) is 13.0 Å². The maximum atomic E-state index is 5.78. The molecule has 1 heterocycles. The number of hydrogen-bond donors (Lipinski definition) is 1. The lowest BCUT2D eigenvalue weighted by Gasteiger charge is -2.14. The Labute approximate surface area is 95.2 Å². The Balaban J connectivity index is 1.88. The molecule has 15 heavy (non-hydrogen) atoms. The Kier molecular flexibility index (Phi) is 3.10. The van der Waals surface area contributed by atoms with Gasteiger partial charge in [-0.05, 0) is 43.2 Å². The first kappa shape index (κ1) is 10.7. The third kappa shape index (κ3) is 2.81. The first-order valence-electron chi connectivity index (χ1n) is 5.33. The Bertz CT molecular complexity index is 336. The number of halogens is 1. The van der Waals surface area contributed by atoms with Crippen LogP contribution in [0.25, 0.3) is 0 Å². The summed E-state index contributed by atoms with van der Waals surface area (Å²) in [4.78, 5) is 0. The van der Waals surface area contributed by atoms with E-state index in [1.165, 1.54) is 12.8 Å². The fourth-order valence-electron chi connectivity index (χ4n) is 1.72. The van der Waals surface area contributed by atoms with E-state index in [9.17, 15) is 0 Å². The van der Waals surface area contributed by atoms with E-state index < -0.39 is 0 Å². The van der Waals surface area contributed by atoms with Crippen LogP contribution in [0.2, 0.25) is 0 Å². The van der Waals surface area contributed by atoms with Gasteiger partial charge in [-0.1, -0.05) is 0 Å². The molecule has 0 saturated heterocycles. The third-order valence-electron chi connectivity index (χ3n) is 3.02. The average Bonchev–Trinajstić information content (AvgIpc) is 2.97. The predicted molar refractivity (Wildman–Crippen MR) is 62.3 cm³/mol. The zero-order valence-electron chi connectivity index (χ0n) is 8.96. The summed E-state index contributed by atoms with van der Waals surface area (Å²) in [6, 6.07) is 2.02. The van der Waals surface area contributed by atoms with Crippen molar-refractivity contribution in [3.8, 4) is 0 Å². The molecule has 1 aliphatic carbocycles. The van der Waals surface area contributed by atoms with Crippen molar-refractivity contribution in [3.63, 3.8) is 0 Å². The highest BCUT2D eigenvalue weighted by atomic mass is 35.5. The summed E-state index contributed by atoms with van der Waals surface area (Å²) >= 11 is 5.78. The van der Waals surface area contributed by atoms with E-state index in [-0.39, 0.29) is 0 Å². The van der Waals surface area contributed by atoms with Gasteiger partial charge in [-0.25, -0.2) is 0 Å². The fourth-order valence-corrected chi connectivity index (χ4v) is 2.12. The summed E-state index contributed by atoms with van der Waals surface area (Å²) in [5, 5.41) is 11.3. The standard InChI is InChI=1S/C11H16ClN3/c1-9-6-10(15-14-7-9)13-8-11(2-3-11)4-5-12/h6-7H,2-5,8H2,1H3,(H,13,15). The summed E-state index contributed by atoms with van der Waals surface area (Å²) in [7, 11) is 0. The number of hydrogen-bond acceptors (Lipinski definition) is 3. The van der Waals surface area contributed by atoms with E-state index in [0.29, 0.717) is 5.41 Å². The van der Waals surface area contributed by atoms with Gasteiger partial charge in [0.05, 0.1) is 6.20 Å². The average molecular weight is 226 g/mol. The minimum absolute atomic E-state index is 0.438. The quantitative estimate of drug-likeness (QED) is 0.783. The van der Waals surface area contributed by atoms with Crippen LogP contribution < -0.4 is 5.32 Å². The number of nitrogens with zero attached hydrogens (tertiary/aromatic N) is 2. The zero-order valence-corrected chi connectivity index (χ0v) is 9.72. The zero-order chi connectivity index (χ0) is 10.7. The predicted octanol–water partition coefficient (Wildman–Crippen LogP) is 2.61. The summed E-state index contributed by atoms with van der Waals surface area (Å²) in [5.41, 5.74) is 1.57. The highest BCUT2D eigenvalue weighted by molar-refractivity contribution is 6.17. The molecule has 0 aliphatic heterocycles. The molecule has 0 spiro atoms. The number of nitrogens with one attached hydrogen (secondary N) is 1. The van der Waals surface area contributed by atoms with Crippen LogP contribution in [0.1, 0.15) is 24.8 Å². The van der Waals surface area contributed by atoms with Crippen LogP contribution in [0.15, 0.2) is 12.3 Å². The van der Waals surface area contributed by atoms with Crippen molar-refractivity contribution in [1.29, 1.82) is 0 Å². The van der Waals surface area contributed by atoms with Gasteiger partial charge in [0.1, 0.15) is 5.82 Å². The van der Waals surface area contributed by atoms with E-state index in [1.54, 1.807) is 6.20 Å². The van der Waals surface area contributed by atoms with Crippen molar-refractivity contribution in [2.24, 2.45) is 5.41 Å². The normalized spacial score (nSPS) is 17.5. The molecule has 0 atom stereocenters. The Morgan fingerprint density at radius 2 is 2.33 bits per heavy atom. The van der Waals surface area contributed by atoms with Crippen molar-refractivity contribution in [2.45, 2.75) is 26.2 Å². The van der Waals surface area contributed by atoms with E-state index in [0.717, 1.165) is 30.2 Å². The molecule has 1 fully saturated rings.